The predicted molar refractivity (Wildman–Crippen MR) is 77.9 cm³/mol. The van der Waals surface area contributed by atoms with Crippen molar-refractivity contribution in [2.45, 2.75) is 90.9 Å². The molecule has 0 aromatic rings. The molecule has 0 fully saturated rings. The smallest absolute Gasteiger partial charge is 0.306 e. The molecule has 1 atom stereocenters. The van der Waals surface area contributed by atoms with Crippen LogP contribution in [0.25, 0.3) is 0 Å². The highest BCUT2D eigenvalue weighted by molar-refractivity contribution is 5.69. The molecule has 0 spiro atoms. The first-order valence-corrected chi connectivity index (χ1v) is 7.95. The molecule has 0 saturated carbocycles. The van der Waals surface area contributed by atoms with Gasteiger partial charge in [-0.25, -0.2) is 0 Å². The summed E-state index contributed by atoms with van der Waals surface area (Å²) in [7, 11) is 0. The van der Waals surface area contributed by atoms with Crippen molar-refractivity contribution < 1.29 is 9.90 Å². The van der Waals surface area contributed by atoms with Gasteiger partial charge in [-0.3, -0.25) is 4.79 Å². The molecule has 0 aliphatic carbocycles. The fourth-order valence-corrected chi connectivity index (χ4v) is 2.38. The third kappa shape index (κ3) is 10.6. The number of carboxylic acids is 1. The van der Waals surface area contributed by atoms with Crippen LogP contribution in [0, 0.1) is 5.92 Å². The van der Waals surface area contributed by atoms with Gasteiger partial charge >= 0.3 is 5.97 Å². The topological polar surface area (TPSA) is 37.3 Å². The average Bonchev–Trinajstić information content (AvgIpc) is 2.35. The van der Waals surface area contributed by atoms with Gasteiger partial charge in [-0.15, -0.1) is 0 Å². The fraction of sp³-hybridized carbons (Fsp3) is 0.938. The molecule has 0 unspecified atom stereocenters. The first-order valence-electron chi connectivity index (χ1n) is 7.95. The van der Waals surface area contributed by atoms with Crippen LogP contribution in [0.1, 0.15) is 90.9 Å². The normalized spacial score (nSPS) is 12.6. The van der Waals surface area contributed by atoms with Gasteiger partial charge in [-0.1, -0.05) is 78.1 Å². The van der Waals surface area contributed by atoms with Crippen LogP contribution >= 0.6 is 0 Å². The van der Waals surface area contributed by atoms with Gasteiger partial charge in [0.25, 0.3) is 0 Å². The summed E-state index contributed by atoms with van der Waals surface area (Å²) >= 11 is 0. The van der Waals surface area contributed by atoms with Gasteiger partial charge in [0, 0.05) is 0 Å². The molecule has 0 bridgehead atoms. The van der Waals surface area contributed by atoms with Crippen molar-refractivity contribution in [2.75, 3.05) is 0 Å². The molecule has 108 valence electrons. The predicted octanol–water partition coefficient (Wildman–Crippen LogP) is 5.41. The second-order valence-electron chi connectivity index (χ2n) is 5.41. The van der Waals surface area contributed by atoms with Crippen LogP contribution in [0.3, 0.4) is 0 Å². The van der Waals surface area contributed by atoms with Gasteiger partial charge in [-0.05, 0) is 12.8 Å². The number of unbranched alkanes of at least 4 members (excludes halogenated alkanes) is 9. The van der Waals surface area contributed by atoms with E-state index in [4.69, 9.17) is 5.11 Å². The second kappa shape index (κ2) is 12.9. The van der Waals surface area contributed by atoms with Crippen LogP contribution in [0.5, 0.6) is 0 Å². The molecule has 0 rings (SSSR count). The number of carboxylic acid groups (broad SMARTS) is 1. The van der Waals surface area contributed by atoms with Crippen molar-refractivity contribution in [1.29, 1.82) is 0 Å². The molecular weight excluding hydrogens is 224 g/mol. The minimum absolute atomic E-state index is 0.112. The van der Waals surface area contributed by atoms with Gasteiger partial charge in [0.15, 0.2) is 0 Å². The summed E-state index contributed by atoms with van der Waals surface area (Å²) in [6, 6.07) is 0. The summed E-state index contributed by atoms with van der Waals surface area (Å²) in [6.07, 6.45) is 14.8. The summed E-state index contributed by atoms with van der Waals surface area (Å²) in [5, 5.41) is 8.92. The number of carbonyl (C=O) groups is 1. The van der Waals surface area contributed by atoms with E-state index < -0.39 is 5.97 Å². The summed E-state index contributed by atoms with van der Waals surface area (Å²) < 4.78 is 0. The Balaban J connectivity index is 3.18. The van der Waals surface area contributed by atoms with E-state index in [-0.39, 0.29) is 5.92 Å². The monoisotopic (exact) mass is 256 g/mol. The Bertz CT molecular complexity index is 190. The molecule has 0 aromatic carbocycles. The minimum Gasteiger partial charge on any atom is -0.481 e. The van der Waals surface area contributed by atoms with Crippen molar-refractivity contribution in [3.05, 3.63) is 0 Å². The molecule has 0 aliphatic rings. The van der Waals surface area contributed by atoms with E-state index in [9.17, 15) is 4.79 Å². The average molecular weight is 256 g/mol. The summed E-state index contributed by atoms with van der Waals surface area (Å²) in [5.41, 5.74) is 0. The van der Waals surface area contributed by atoms with E-state index in [1.807, 2.05) is 6.92 Å². The molecule has 2 nitrogen and oxygen atoms in total. The van der Waals surface area contributed by atoms with E-state index in [1.54, 1.807) is 0 Å². The third-order valence-corrected chi connectivity index (χ3v) is 3.75. The zero-order valence-electron chi connectivity index (χ0n) is 12.4. The maximum atomic E-state index is 10.8. The van der Waals surface area contributed by atoms with Gasteiger partial charge in [0.1, 0.15) is 0 Å². The minimum atomic E-state index is -0.617. The molecule has 1 N–H and O–H groups in total. The van der Waals surface area contributed by atoms with Crippen LogP contribution < -0.4 is 0 Å². The van der Waals surface area contributed by atoms with Crippen molar-refractivity contribution in [2.24, 2.45) is 5.92 Å². The Morgan fingerprint density at radius 3 is 1.67 bits per heavy atom. The van der Waals surface area contributed by atoms with E-state index in [2.05, 4.69) is 6.92 Å². The first kappa shape index (κ1) is 17.5. The van der Waals surface area contributed by atoms with Crippen molar-refractivity contribution in [3.8, 4) is 0 Å². The molecule has 0 heterocycles. The maximum absolute atomic E-state index is 10.8. The third-order valence-electron chi connectivity index (χ3n) is 3.75. The lowest BCUT2D eigenvalue weighted by molar-refractivity contribution is -0.142. The van der Waals surface area contributed by atoms with Gasteiger partial charge in [-0.2, -0.15) is 0 Å². The molecule has 0 radical (unpaired) electrons. The SMILES string of the molecule is CCCCCCCCCCCC[C@H](CC)C(=O)O. The van der Waals surface area contributed by atoms with Gasteiger partial charge < -0.3 is 5.11 Å². The Morgan fingerprint density at radius 1 is 0.833 bits per heavy atom. The van der Waals surface area contributed by atoms with Crippen molar-refractivity contribution in [3.63, 3.8) is 0 Å². The van der Waals surface area contributed by atoms with E-state index in [0.29, 0.717) is 0 Å². The number of hydrogen-bond acceptors (Lipinski definition) is 1. The summed E-state index contributed by atoms with van der Waals surface area (Å²) in [6.45, 7) is 4.22. The largest absolute Gasteiger partial charge is 0.481 e. The van der Waals surface area contributed by atoms with Crippen LogP contribution in [0.15, 0.2) is 0 Å². The molecule has 18 heavy (non-hydrogen) atoms. The highest BCUT2D eigenvalue weighted by Gasteiger charge is 2.13. The number of hydrogen-bond donors (Lipinski definition) is 1. The Kier molecular flexibility index (Phi) is 12.5. The lowest BCUT2D eigenvalue weighted by Crippen LogP contribution is -2.12. The fourth-order valence-electron chi connectivity index (χ4n) is 2.38. The van der Waals surface area contributed by atoms with Crippen molar-refractivity contribution >= 4 is 5.97 Å². The molecule has 0 aliphatic heterocycles. The van der Waals surface area contributed by atoms with Crippen LogP contribution in [0.2, 0.25) is 0 Å². The van der Waals surface area contributed by atoms with Crippen LogP contribution in [-0.4, -0.2) is 11.1 Å². The maximum Gasteiger partial charge on any atom is 0.306 e. The molecular formula is C16H32O2. The Labute approximate surface area is 113 Å². The Hall–Kier alpha value is -0.530. The van der Waals surface area contributed by atoms with E-state index in [1.165, 1.54) is 57.8 Å². The molecule has 0 aromatic heterocycles. The Morgan fingerprint density at radius 2 is 1.28 bits per heavy atom. The molecule has 0 amide bonds. The quantitative estimate of drug-likeness (QED) is 0.447. The number of aliphatic carboxylic acids is 1. The van der Waals surface area contributed by atoms with Gasteiger partial charge in [0.2, 0.25) is 0 Å². The van der Waals surface area contributed by atoms with Crippen molar-refractivity contribution in [1.82, 2.24) is 0 Å². The highest BCUT2D eigenvalue weighted by atomic mass is 16.4. The second-order valence-corrected chi connectivity index (χ2v) is 5.41. The standard InChI is InChI=1S/C16H32O2/c1-3-5-6-7-8-9-10-11-12-13-14-15(4-2)16(17)18/h15H,3-14H2,1-2H3,(H,17,18)/t15-/m0/s1. The number of rotatable bonds is 13. The molecule has 2 heteroatoms. The van der Waals surface area contributed by atoms with Crippen LogP contribution in [0.4, 0.5) is 0 Å². The van der Waals surface area contributed by atoms with E-state index >= 15 is 0 Å². The van der Waals surface area contributed by atoms with Crippen LogP contribution in [-0.2, 0) is 4.79 Å². The highest BCUT2D eigenvalue weighted by Crippen LogP contribution is 2.16. The van der Waals surface area contributed by atoms with E-state index in [0.717, 1.165) is 19.3 Å². The zero-order chi connectivity index (χ0) is 13.6. The lowest BCUT2D eigenvalue weighted by atomic mass is 9.98. The zero-order valence-corrected chi connectivity index (χ0v) is 12.4. The lowest BCUT2D eigenvalue weighted by Gasteiger charge is -2.08. The summed E-state index contributed by atoms with van der Waals surface area (Å²) in [4.78, 5) is 10.8. The van der Waals surface area contributed by atoms with Gasteiger partial charge in [0.05, 0.1) is 5.92 Å². The summed E-state index contributed by atoms with van der Waals surface area (Å²) in [5.74, 6) is -0.729. The first-order chi connectivity index (χ1) is 8.72. The molecule has 0 saturated heterocycles.